The molecule has 1 saturated heterocycles. The van der Waals surface area contributed by atoms with E-state index in [9.17, 15) is 0 Å². The van der Waals surface area contributed by atoms with E-state index < -0.39 is 0 Å². The molecule has 0 aromatic carbocycles. The van der Waals surface area contributed by atoms with Crippen LogP contribution in [0, 0.1) is 5.92 Å². The highest BCUT2D eigenvalue weighted by Crippen LogP contribution is 2.23. The van der Waals surface area contributed by atoms with Crippen LogP contribution in [0.2, 0.25) is 0 Å². The van der Waals surface area contributed by atoms with Gasteiger partial charge < -0.3 is 5.32 Å². The number of thiophene rings is 1. The van der Waals surface area contributed by atoms with Crippen LogP contribution in [0.1, 0.15) is 38.5 Å². The van der Waals surface area contributed by atoms with Crippen molar-refractivity contribution in [3.8, 4) is 0 Å². The van der Waals surface area contributed by atoms with Crippen LogP contribution in [0.3, 0.4) is 0 Å². The lowest BCUT2D eigenvalue weighted by Gasteiger charge is -2.42. The third kappa shape index (κ3) is 4.30. The standard InChI is InChI=1S/C16H27BrN2S/c1-4-12(3)15-11-19(13(5-2)10-18-15)9-8-14-6-7-16(17)20-14/h6-7,12-13,15,18H,4-5,8-11H2,1-3H3. The van der Waals surface area contributed by atoms with Crippen molar-refractivity contribution >= 4 is 27.3 Å². The molecule has 2 nitrogen and oxygen atoms in total. The molecule has 2 rings (SSSR count). The van der Waals surface area contributed by atoms with E-state index in [1.165, 1.54) is 41.0 Å². The molecular weight excluding hydrogens is 332 g/mol. The van der Waals surface area contributed by atoms with Crippen LogP contribution in [-0.4, -0.2) is 36.6 Å². The molecule has 1 aliphatic rings. The first-order valence-corrected chi connectivity index (χ1v) is 9.46. The van der Waals surface area contributed by atoms with Crippen LogP contribution in [0.25, 0.3) is 0 Å². The van der Waals surface area contributed by atoms with E-state index in [1.807, 2.05) is 11.3 Å². The fourth-order valence-corrected chi connectivity index (χ4v) is 4.44. The molecule has 0 radical (unpaired) electrons. The first-order chi connectivity index (χ1) is 9.63. The molecule has 0 saturated carbocycles. The van der Waals surface area contributed by atoms with Crippen molar-refractivity contribution in [1.82, 2.24) is 10.2 Å². The summed E-state index contributed by atoms with van der Waals surface area (Å²) in [4.78, 5) is 4.20. The summed E-state index contributed by atoms with van der Waals surface area (Å²) in [5.74, 6) is 0.770. The maximum absolute atomic E-state index is 3.76. The zero-order chi connectivity index (χ0) is 14.5. The lowest BCUT2D eigenvalue weighted by molar-refractivity contribution is 0.108. The average Bonchev–Trinajstić information content (AvgIpc) is 2.89. The molecule has 0 spiro atoms. The Morgan fingerprint density at radius 2 is 2.25 bits per heavy atom. The van der Waals surface area contributed by atoms with Crippen molar-refractivity contribution in [3.63, 3.8) is 0 Å². The monoisotopic (exact) mass is 358 g/mol. The van der Waals surface area contributed by atoms with Crippen molar-refractivity contribution in [2.75, 3.05) is 19.6 Å². The van der Waals surface area contributed by atoms with Crippen molar-refractivity contribution in [3.05, 3.63) is 20.8 Å². The highest BCUT2D eigenvalue weighted by Gasteiger charge is 2.28. The largest absolute Gasteiger partial charge is 0.311 e. The fraction of sp³-hybridized carbons (Fsp3) is 0.750. The minimum absolute atomic E-state index is 0.665. The van der Waals surface area contributed by atoms with Gasteiger partial charge in [0.05, 0.1) is 3.79 Å². The Kier molecular flexibility index (Phi) is 6.53. The van der Waals surface area contributed by atoms with Crippen molar-refractivity contribution in [2.24, 2.45) is 5.92 Å². The molecule has 0 bridgehead atoms. The molecule has 3 atom stereocenters. The second-order valence-electron chi connectivity index (χ2n) is 5.91. The second kappa shape index (κ2) is 7.92. The van der Waals surface area contributed by atoms with Crippen LogP contribution < -0.4 is 5.32 Å². The topological polar surface area (TPSA) is 15.3 Å². The van der Waals surface area contributed by atoms with E-state index in [1.54, 1.807) is 0 Å². The van der Waals surface area contributed by atoms with Gasteiger partial charge in [0, 0.05) is 36.6 Å². The molecule has 1 aliphatic heterocycles. The molecule has 20 heavy (non-hydrogen) atoms. The molecule has 0 aliphatic carbocycles. The number of nitrogens with zero attached hydrogens (tertiary/aromatic N) is 1. The van der Waals surface area contributed by atoms with Crippen molar-refractivity contribution < 1.29 is 0 Å². The first kappa shape index (κ1) is 16.5. The maximum atomic E-state index is 3.76. The first-order valence-electron chi connectivity index (χ1n) is 7.85. The molecule has 114 valence electrons. The van der Waals surface area contributed by atoms with Crippen LogP contribution in [0.5, 0.6) is 0 Å². The molecule has 4 heteroatoms. The number of nitrogens with one attached hydrogen (secondary N) is 1. The van der Waals surface area contributed by atoms with E-state index in [0.29, 0.717) is 12.1 Å². The van der Waals surface area contributed by atoms with Gasteiger partial charge in [0.25, 0.3) is 0 Å². The van der Waals surface area contributed by atoms with Gasteiger partial charge in [-0.25, -0.2) is 0 Å². The Hall–Kier alpha value is 0.1000. The number of piperazine rings is 1. The summed E-state index contributed by atoms with van der Waals surface area (Å²) in [5, 5.41) is 3.76. The van der Waals surface area contributed by atoms with E-state index >= 15 is 0 Å². The quantitative estimate of drug-likeness (QED) is 0.821. The zero-order valence-electron chi connectivity index (χ0n) is 12.9. The maximum Gasteiger partial charge on any atom is 0.0701 e. The van der Waals surface area contributed by atoms with Gasteiger partial charge in [-0.05, 0) is 46.8 Å². The molecule has 1 fully saturated rings. The highest BCUT2D eigenvalue weighted by molar-refractivity contribution is 9.11. The van der Waals surface area contributed by atoms with E-state index in [-0.39, 0.29) is 0 Å². The molecule has 1 N–H and O–H groups in total. The van der Waals surface area contributed by atoms with E-state index in [0.717, 1.165) is 12.5 Å². The number of rotatable bonds is 6. The smallest absolute Gasteiger partial charge is 0.0701 e. The van der Waals surface area contributed by atoms with Crippen LogP contribution >= 0.6 is 27.3 Å². The third-order valence-electron chi connectivity index (χ3n) is 4.64. The van der Waals surface area contributed by atoms with Crippen LogP contribution in [0.4, 0.5) is 0 Å². The zero-order valence-corrected chi connectivity index (χ0v) is 15.3. The van der Waals surface area contributed by atoms with Gasteiger partial charge in [-0.2, -0.15) is 0 Å². The van der Waals surface area contributed by atoms with Crippen molar-refractivity contribution in [2.45, 2.75) is 52.1 Å². The lowest BCUT2D eigenvalue weighted by atomic mass is 9.94. The lowest BCUT2D eigenvalue weighted by Crippen LogP contribution is -2.58. The minimum Gasteiger partial charge on any atom is -0.311 e. The Morgan fingerprint density at radius 1 is 1.45 bits per heavy atom. The summed E-state index contributed by atoms with van der Waals surface area (Å²) in [7, 11) is 0. The van der Waals surface area contributed by atoms with E-state index in [4.69, 9.17) is 0 Å². The normalized spacial score (nSPS) is 25.8. The number of hydrogen-bond acceptors (Lipinski definition) is 3. The summed E-state index contributed by atoms with van der Waals surface area (Å²) in [5.41, 5.74) is 0. The summed E-state index contributed by atoms with van der Waals surface area (Å²) >= 11 is 5.43. The van der Waals surface area contributed by atoms with Gasteiger partial charge in [-0.3, -0.25) is 4.90 Å². The molecule has 0 amide bonds. The average molecular weight is 359 g/mol. The van der Waals surface area contributed by atoms with Gasteiger partial charge in [-0.1, -0.05) is 27.2 Å². The van der Waals surface area contributed by atoms with Gasteiger partial charge >= 0.3 is 0 Å². The SMILES string of the molecule is CCC(C)C1CN(CCc2ccc(Br)s2)C(CC)CN1. The van der Waals surface area contributed by atoms with Crippen LogP contribution in [0.15, 0.2) is 15.9 Å². The summed E-state index contributed by atoms with van der Waals surface area (Å²) in [6.45, 7) is 10.5. The second-order valence-corrected chi connectivity index (χ2v) is 8.46. The Balaban J connectivity index is 1.91. The predicted octanol–water partition coefficient (Wildman–Crippen LogP) is 4.15. The summed E-state index contributed by atoms with van der Waals surface area (Å²) < 4.78 is 1.25. The van der Waals surface area contributed by atoms with Gasteiger partial charge in [0.15, 0.2) is 0 Å². The Morgan fingerprint density at radius 3 is 2.85 bits per heavy atom. The van der Waals surface area contributed by atoms with Crippen molar-refractivity contribution in [1.29, 1.82) is 0 Å². The summed E-state index contributed by atoms with van der Waals surface area (Å²) in [6, 6.07) is 5.79. The predicted molar refractivity (Wildman–Crippen MR) is 92.6 cm³/mol. The number of hydrogen-bond donors (Lipinski definition) is 1. The van der Waals surface area contributed by atoms with Gasteiger partial charge in [-0.15, -0.1) is 11.3 Å². The molecule has 3 unspecified atom stereocenters. The van der Waals surface area contributed by atoms with Crippen LogP contribution in [-0.2, 0) is 6.42 Å². The summed E-state index contributed by atoms with van der Waals surface area (Å²) in [6.07, 6.45) is 3.69. The Labute approximate surface area is 136 Å². The molecule has 2 heterocycles. The van der Waals surface area contributed by atoms with Gasteiger partial charge in [0.2, 0.25) is 0 Å². The third-order valence-corrected chi connectivity index (χ3v) is 6.32. The van der Waals surface area contributed by atoms with Gasteiger partial charge in [0.1, 0.15) is 0 Å². The fourth-order valence-electron chi connectivity index (χ4n) is 2.96. The molecule has 1 aromatic rings. The Bertz CT molecular complexity index is 407. The number of halogens is 1. The van der Waals surface area contributed by atoms with E-state index in [2.05, 4.69) is 59.1 Å². The molecule has 1 aromatic heterocycles. The highest BCUT2D eigenvalue weighted by atomic mass is 79.9. The minimum atomic E-state index is 0.665. The molecular formula is C16H27BrN2S.